The van der Waals surface area contributed by atoms with Crippen LogP contribution in [0.1, 0.15) is 52.4 Å². The monoisotopic (exact) mass is 424 g/mol. The second kappa shape index (κ2) is 7.22. The van der Waals surface area contributed by atoms with Gasteiger partial charge in [-0.05, 0) is 91.7 Å². The van der Waals surface area contributed by atoms with Crippen LogP contribution < -0.4 is 0 Å². The number of rotatable bonds is 2. The number of likely N-dealkylation sites (N-methyl/N-ethyl adjacent to an activating group) is 1. The molecule has 30 heavy (non-hydrogen) atoms. The van der Waals surface area contributed by atoms with Crippen molar-refractivity contribution in [1.82, 2.24) is 9.88 Å². The van der Waals surface area contributed by atoms with Gasteiger partial charge in [-0.2, -0.15) is 0 Å². The third-order valence-corrected chi connectivity index (χ3v) is 10.2. The molecule has 2 heterocycles. The second-order valence-corrected chi connectivity index (χ2v) is 11.4. The quantitative estimate of drug-likeness (QED) is 0.630. The highest BCUT2D eigenvalue weighted by Gasteiger charge is 2.61. The van der Waals surface area contributed by atoms with Crippen LogP contribution in [0.5, 0.6) is 0 Å². The molecular formula is C25H32N2O2S. The van der Waals surface area contributed by atoms with Gasteiger partial charge in [0.15, 0.2) is 5.12 Å². The van der Waals surface area contributed by atoms with E-state index in [-0.39, 0.29) is 22.7 Å². The average Bonchev–Trinajstić information content (AvgIpc) is 3.09. The number of pyridine rings is 1. The van der Waals surface area contributed by atoms with Crippen LogP contribution in [-0.2, 0) is 9.59 Å². The van der Waals surface area contributed by atoms with E-state index in [0.29, 0.717) is 28.9 Å². The predicted octanol–water partition coefficient (Wildman–Crippen LogP) is 4.96. The summed E-state index contributed by atoms with van der Waals surface area (Å²) in [5, 5.41) is 1.12. The standard InChI is InChI=1S/C25H32N2O2S/c1-24-13-11-18-16(7-10-20-25(18,2)14-12-22(28)27(20)3)17(24)8-9-19(24)23(29)30-21-6-4-5-15-26-21/h4-6,12,14-20H,7-11,13H2,1-3H3/t16?,17-,18?,19+,20+,24-,25+/m0/s1. The van der Waals surface area contributed by atoms with Crippen LogP contribution in [0.3, 0.4) is 0 Å². The summed E-state index contributed by atoms with van der Waals surface area (Å²) in [4.78, 5) is 31.9. The third-order valence-electron chi connectivity index (χ3n) is 9.26. The lowest BCUT2D eigenvalue weighted by atomic mass is 9.48. The van der Waals surface area contributed by atoms with Crippen molar-refractivity contribution in [3.05, 3.63) is 36.5 Å². The van der Waals surface area contributed by atoms with Crippen molar-refractivity contribution in [1.29, 1.82) is 0 Å². The topological polar surface area (TPSA) is 50.3 Å². The van der Waals surface area contributed by atoms with Crippen molar-refractivity contribution in [2.24, 2.45) is 34.5 Å². The number of aromatic nitrogens is 1. The average molecular weight is 425 g/mol. The van der Waals surface area contributed by atoms with E-state index < -0.39 is 0 Å². The molecule has 0 spiro atoms. The fraction of sp³-hybridized carbons (Fsp3) is 0.640. The molecule has 7 atom stereocenters. The lowest BCUT2D eigenvalue weighted by molar-refractivity contribution is -0.140. The van der Waals surface area contributed by atoms with Gasteiger partial charge in [-0.25, -0.2) is 4.98 Å². The number of carbonyl (C=O) groups is 2. The Balaban J connectivity index is 1.38. The highest BCUT2D eigenvalue weighted by molar-refractivity contribution is 8.13. The molecule has 3 saturated carbocycles. The van der Waals surface area contributed by atoms with E-state index >= 15 is 0 Å². The van der Waals surface area contributed by atoms with Crippen LogP contribution in [0.15, 0.2) is 41.6 Å². The highest BCUT2D eigenvalue weighted by Crippen LogP contribution is 2.66. The maximum absolute atomic E-state index is 13.3. The Morgan fingerprint density at radius 1 is 1.13 bits per heavy atom. The summed E-state index contributed by atoms with van der Waals surface area (Å²) in [5.41, 5.74) is 0.168. The smallest absolute Gasteiger partial charge is 0.246 e. The van der Waals surface area contributed by atoms with Crippen molar-refractivity contribution in [2.75, 3.05) is 7.05 Å². The summed E-state index contributed by atoms with van der Waals surface area (Å²) in [5.74, 6) is 2.16. The van der Waals surface area contributed by atoms with E-state index in [4.69, 9.17) is 0 Å². The Labute approximate surface area is 183 Å². The summed E-state index contributed by atoms with van der Waals surface area (Å²) in [7, 11) is 1.97. The Hall–Kier alpha value is -1.62. The fourth-order valence-corrected chi connectivity index (χ4v) is 8.70. The van der Waals surface area contributed by atoms with Crippen molar-refractivity contribution in [2.45, 2.75) is 63.4 Å². The molecule has 3 fully saturated rings. The summed E-state index contributed by atoms with van der Waals surface area (Å²) in [6, 6.07) is 6.10. The first-order valence-corrected chi connectivity index (χ1v) is 12.2. The van der Waals surface area contributed by atoms with E-state index in [1.807, 2.05) is 30.1 Å². The van der Waals surface area contributed by atoms with Crippen molar-refractivity contribution in [3.8, 4) is 0 Å². The Kier molecular flexibility index (Phi) is 4.88. The SMILES string of the molecule is CN1C(=O)C=C[C@]2(C)C3CC[C@]4(C)[C@@H](C(=O)Sc5ccccn5)CC[C@H]4C3CC[C@@H]12. The van der Waals surface area contributed by atoms with Crippen LogP contribution in [-0.4, -0.2) is 34.0 Å². The van der Waals surface area contributed by atoms with E-state index in [9.17, 15) is 9.59 Å². The first kappa shape index (κ1) is 20.3. The molecule has 0 radical (unpaired) electrons. The number of hydrogen-bond acceptors (Lipinski definition) is 4. The maximum atomic E-state index is 13.3. The van der Waals surface area contributed by atoms with Gasteiger partial charge in [-0.1, -0.05) is 26.0 Å². The highest BCUT2D eigenvalue weighted by atomic mass is 32.2. The first-order chi connectivity index (χ1) is 14.3. The molecule has 0 N–H and O–H groups in total. The molecule has 4 nitrogen and oxygen atoms in total. The summed E-state index contributed by atoms with van der Waals surface area (Å²) in [6.07, 6.45) is 12.5. The molecule has 0 bridgehead atoms. The number of carbonyl (C=O) groups excluding carboxylic acids is 2. The summed E-state index contributed by atoms with van der Waals surface area (Å²) >= 11 is 1.34. The van der Waals surface area contributed by atoms with Gasteiger partial charge in [0, 0.05) is 30.6 Å². The Morgan fingerprint density at radius 3 is 2.73 bits per heavy atom. The zero-order valence-corrected chi connectivity index (χ0v) is 19.0. The number of nitrogens with zero attached hydrogens (tertiary/aromatic N) is 2. The molecule has 160 valence electrons. The van der Waals surface area contributed by atoms with E-state index in [2.05, 4.69) is 24.9 Å². The summed E-state index contributed by atoms with van der Waals surface area (Å²) < 4.78 is 0. The van der Waals surface area contributed by atoms with Gasteiger partial charge in [0.25, 0.3) is 0 Å². The Bertz CT molecular complexity index is 886. The third kappa shape index (κ3) is 2.91. The van der Waals surface area contributed by atoms with Crippen LogP contribution in [0.25, 0.3) is 0 Å². The van der Waals surface area contributed by atoms with Crippen molar-refractivity contribution < 1.29 is 9.59 Å². The minimum atomic E-state index is 0.0672. The van der Waals surface area contributed by atoms with Gasteiger partial charge in [-0.15, -0.1) is 0 Å². The zero-order chi connectivity index (χ0) is 21.1. The van der Waals surface area contributed by atoms with E-state index in [1.165, 1.54) is 18.2 Å². The van der Waals surface area contributed by atoms with Crippen LogP contribution in [0.4, 0.5) is 0 Å². The molecule has 1 aromatic heterocycles. The molecule has 5 rings (SSSR count). The number of fused-ring (bicyclic) bond motifs is 5. The molecule has 1 amide bonds. The minimum Gasteiger partial charge on any atom is -0.338 e. The minimum absolute atomic E-state index is 0.0672. The molecule has 5 heteroatoms. The van der Waals surface area contributed by atoms with Crippen molar-refractivity contribution >= 4 is 22.8 Å². The molecule has 0 saturated heterocycles. The lowest BCUT2D eigenvalue weighted by Gasteiger charge is -2.60. The van der Waals surface area contributed by atoms with Gasteiger partial charge in [0.2, 0.25) is 5.91 Å². The predicted molar refractivity (Wildman–Crippen MR) is 119 cm³/mol. The molecule has 0 aromatic carbocycles. The number of hydrogen-bond donors (Lipinski definition) is 0. The molecule has 1 aliphatic heterocycles. The largest absolute Gasteiger partial charge is 0.338 e. The van der Waals surface area contributed by atoms with Gasteiger partial charge in [-0.3, -0.25) is 9.59 Å². The van der Waals surface area contributed by atoms with Gasteiger partial charge in [0.1, 0.15) is 5.03 Å². The van der Waals surface area contributed by atoms with E-state index in [1.54, 1.807) is 12.3 Å². The van der Waals surface area contributed by atoms with Crippen LogP contribution in [0, 0.1) is 34.5 Å². The second-order valence-electron chi connectivity index (χ2n) is 10.4. The molecule has 4 aliphatic rings. The Morgan fingerprint density at radius 2 is 1.97 bits per heavy atom. The van der Waals surface area contributed by atoms with Crippen LogP contribution >= 0.6 is 11.8 Å². The van der Waals surface area contributed by atoms with Gasteiger partial charge in [0.05, 0.1) is 0 Å². The van der Waals surface area contributed by atoms with E-state index in [0.717, 1.165) is 37.1 Å². The molecule has 1 aromatic rings. The zero-order valence-electron chi connectivity index (χ0n) is 18.2. The molecule has 3 aliphatic carbocycles. The maximum Gasteiger partial charge on any atom is 0.246 e. The molecular weight excluding hydrogens is 392 g/mol. The van der Waals surface area contributed by atoms with Gasteiger partial charge < -0.3 is 4.90 Å². The number of amides is 1. The first-order valence-electron chi connectivity index (χ1n) is 11.4. The van der Waals surface area contributed by atoms with Crippen molar-refractivity contribution in [3.63, 3.8) is 0 Å². The lowest BCUT2D eigenvalue weighted by Crippen LogP contribution is -2.59. The normalized spacial score (nSPS) is 42.4. The van der Waals surface area contributed by atoms with Gasteiger partial charge >= 0.3 is 0 Å². The molecule has 2 unspecified atom stereocenters. The number of thioether (sulfide) groups is 1. The van der Waals surface area contributed by atoms with Crippen LogP contribution in [0.2, 0.25) is 0 Å². The fourth-order valence-electron chi connectivity index (χ4n) is 7.71. The summed E-state index contributed by atoms with van der Waals surface area (Å²) in [6.45, 7) is 4.77.